The molecule has 92 valence electrons. The number of rotatable bonds is 5. The van der Waals surface area contributed by atoms with Crippen LogP contribution < -0.4 is 4.74 Å². The minimum Gasteiger partial charge on any atom is -0.487 e. The standard InChI is InChI=1S/C11H11F2NO3/c12-10(13)5-17-9-3-8(11(15)16)14-4-7(9)6-1-2-6/h3-4,6,10H,1-2,5H2,(H,15,16). The van der Waals surface area contributed by atoms with E-state index in [4.69, 9.17) is 9.84 Å². The van der Waals surface area contributed by atoms with E-state index in [0.29, 0.717) is 0 Å². The van der Waals surface area contributed by atoms with E-state index in [0.717, 1.165) is 18.4 Å². The van der Waals surface area contributed by atoms with Gasteiger partial charge in [-0.15, -0.1) is 0 Å². The number of carboxylic acids is 1. The lowest BCUT2D eigenvalue weighted by Gasteiger charge is -2.10. The molecule has 1 aromatic rings. The van der Waals surface area contributed by atoms with Crippen molar-refractivity contribution in [1.29, 1.82) is 0 Å². The molecule has 0 atom stereocenters. The molecule has 1 fully saturated rings. The molecule has 0 unspecified atom stereocenters. The first kappa shape index (κ1) is 11.8. The highest BCUT2D eigenvalue weighted by Gasteiger charge is 2.28. The third-order valence-electron chi connectivity index (χ3n) is 2.50. The number of halogens is 2. The zero-order valence-corrected chi connectivity index (χ0v) is 8.90. The molecule has 1 saturated carbocycles. The summed E-state index contributed by atoms with van der Waals surface area (Å²) in [7, 11) is 0. The Balaban J connectivity index is 2.23. The van der Waals surface area contributed by atoms with Crippen LogP contribution >= 0.6 is 0 Å². The van der Waals surface area contributed by atoms with Crippen LogP contribution in [0.25, 0.3) is 0 Å². The molecule has 4 nitrogen and oxygen atoms in total. The molecule has 1 aliphatic carbocycles. The number of hydrogen-bond donors (Lipinski definition) is 1. The summed E-state index contributed by atoms with van der Waals surface area (Å²) in [4.78, 5) is 14.5. The average Bonchev–Trinajstić information content (AvgIpc) is 3.09. The van der Waals surface area contributed by atoms with Crippen molar-refractivity contribution in [2.24, 2.45) is 0 Å². The second-order valence-electron chi connectivity index (χ2n) is 3.89. The van der Waals surface area contributed by atoms with Crippen LogP contribution in [-0.4, -0.2) is 29.1 Å². The van der Waals surface area contributed by atoms with Gasteiger partial charge in [0.25, 0.3) is 6.43 Å². The van der Waals surface area contributed by atoms with E-state index >= 15 is 0 Å². The SMILES string of the molecule is O=C(O)c1cc(OCC(F)F)c(C2CC2)cn1. The number of nitrogens with zero attached hydrogens (tertiary/aromatic N) is 1. The van der Waals surface area contributed by atoms with Crippen molar-refractivity contribution in [2.75, 3.05) is 6.61 Å². The van der Waals surface area contributed by atoms with Gasteiger partial charge in [0.15, 0.2) is 5.69 Å². The van der Waals surface area contributed by atoms with Gasteiger partial charge in [-0.25, -0.2) is 18.6 Å². The molecule has 6 heteroatoms. The lowest BCUT2D eigenvalue weighted by molar-refractivity contribution is 0.0688. The molecule has 0 amide bonds. The Labute approximate surface area is 96.2 Å². The van der Waals surface area contributed by atoms with Gasteiger partial charge in [0.2, 0.25) is 0 Å². The fourth-order valence-electron chi connectivity index (χ4n) is 1.54. The van der Waals surface area contributed by atoms with E-state index in [1.54, 1.807) is 0 Å². The number of aromatic nitrogens is 1. The summed E-state index contributed by atoms with van der Waals surface area (Å²) in [6.07, 6.45) is 0.740. The molecule has 17 heavy (non-hydrogen) atoms. The van der Waals surface area contributed by atoms with Gasteiger partial charge in [0.1, 0.15) is 12.4 Å². The first-order valence-electron chi connectivity index (χ1n) is 5.22. The van der Waals surface area contributed by atoms with E-state index in [9.17, 15) is 13.6 Å². The maximum atomic E-state index is 12.1. The van der Waals surface area contributed by atoms with Crippen LogP contribution in [0, 0.1) is 0 Å². The molecule has 0 bridgehead atoms. The van der Waals surface area contributed by atoms with Crippen LogP contribution in [0.3, 0.4) is 0 Å². The zero-order valence-electron chi connectivity index (χ0n) is 8.90. The molecule has 0 spiro atoms. The second-order valence-corrected chi connectivity index (χ2v) is 3.89. The third kappa shape index (κ3) is 2.89. The van der Waals surface area contributed by atoms with Crippen LogP contribution in [0.4, 0.5) is 8.78 Å². The molecule has 0 aliphatic heterocycles. The summed E-state index contributed by atoms with van der Waals surface area (Å²) in [5, 5.41) is 8.77. The van der Waals surface area contributed by atoms with Crippen molar-refractivity contribution in [3.05, 3.63) is 23.5 Å². The summed E-state index contributed by atoms with van der Waals surface area (Å²) in [5.41, 5.74) is 0.523. The van der Waals surface area contributed by atoms with E-state index in [-0.39, 0.29) is 17.4 Å². The topological polar surface area (TPSA) is 59.4 Å². The number of pyridine rings is 1. The molecular weight excluding hydrogens is 232 g/mol. The predicted molar refractivity (Wildman–Crippen MR) is 54.7 cm³/mol. The van der Waals surface area contributed by atoms with Crippen LogP contribution in [-0.2, 0) is 0 Å². The van der Waals surface area contributed by atoms with Gasteiger partial charge in [0, 0.05) is 17.8 Å². The van der Waals surface area contributed by atoms with Crippen LogP contribution in [0.5, 0.6) is 5.75 Å². The summed E-state index contributed by atoms with van der Waals surface area (Å²) in [6, 6.07) is 1.21. The van der Waals surface area contributed by atoms with Gasteiger partial charge in [-0.05, 0) is 18.8 Å². The fourth-order valence-corrected chi connectivity index (χ4v) is 1.54. The minimum absolute atomic E-state index is 0.196. The van der Waals surface area contributed by atoms with E-state index < -0.39 is 19.0 Å². The highest BCUT2D eigenvalue weighted by Crippen LogP contribution is 2.44. The lowest BCUT2D eigenvalue weighted by atomic mass is 10.1. The molecule has 2 rings (SSSR count). The maximum Gasteiger partial charge on any atom is 0.354 e. The first-order valence-corrected chi connectivity index (χ1v) is 5.22. The van der Waals surface area contributed by atoms with Gasteiger partial charge in [-0.3, -0.25) is 0 Å². The average molecular weight is 243 g/mol. The van der Waals surface area contributed by atoms with Gasteiger partial charge >= 0.3 is 5.97 Å². The Morgan fingerprint density at radius 3 is 2.82 bits per heavy atom. The minimum atomic E-state index is -2.58. The lowest BCUT2D eigenvalue weighted by Crippen LogP contribution is -2.10. The molecule has 1 aliphatic rings. The summed E-state index contributed by atoms with van der Waals surface area (Å²) in [5.74, 6) is -0.729. The smallest absolute Gasteiger partial charge is 0.354 e. The van der Waals surface area contributed by atoms with E-state index in [2.05, 4.69) is 4.98 Å². The van der Waals surface area contributed by atoms with Crippen molar-refractivity contribution in [1.82, 2.24) is 4.98 Å². The molecule has 0 aromatic carbocycles. The van der Waals surface area contributed by atoms with Gasteiger partial charge in [0.05, 0.1) is 0 Å². The highest BCUT2D eigenvalue weighted by molar-refractivity contribution is 5.85. The number of aromatic carboxylic acids is 1. The molecule has 1 aromatic heterocycles. The number of ether oxygens (including phenoxy) is 1. The Kier molecular flexibility index (Phi) is 3.21. The molecular formula is C11H11F2NO3. The maximum absolute atomic E-state index is 12.1. The largest absolute Gasteiger partial charge is 0.487 e. The monoisotopic (exact) mass is 243 g/mol. The first-order chi connectivity index (χ1) is 8.08. The van der Waals surface area contributed by atoms with Crippen molar-refractivity contribution >= 4 is 5.97 Å². The van der Waals surface area contributed by atoms with Crippen LogP contribution in [0.15, 0.2) is 12.3 Å². The number of hydrogen-bond acceptors (Lipinski definition) is 3. The normalized spacial score (nSPS) is 15.0. The quantitative estimate of drug-likeness (QED) is 0.862. The Bertz CT molecular complexity index is 433. The Morgan fingerprint density at radius 2 is 2.29 bits per heavy atom. The van der Waals surface area contributed by atoms with Crippen molar-refractivity contribution in [3.8, 4) is 5.75 Å². The van der Waals surface area contributed by atoms with Crippen LogP contribution in [0.2, 0.25) is 0 Å². The van der Waals surface area contributed by atoms with Gasteiger partial charge < -0.3 is 9.84 Å². The number of carbonyl (C=O) groups is 1. The summed E-state index contributed by atoms with van der Waals surface area (Å²) >= 11 is 0. The summed E-state index contributed by atoms with van der Waals surface area (Å²) in [6.45, 7) is -0.733. The van der Waals surface area contributed by atoms with Gasteiger partial charge in [-0.1, -0.05) is 0 Å². The molecule has 0 saturated heterocycles. The Hall–Kier alpha value is -1.72. The fraction of sp³-hybridized carbons (Fsp3) is 0.455. The van der Waals surface area contributed by atoms with Gasteiger partial charge in [-0.2, -0.15) is 0 Å². The zero-order chi connectivity index (χ0) is 12.4. The van der Waals surface area contributed by atoms with Crippen LogP contribution in [0.1, 0.15) is 34.8 Å². The number of carboxylic acid groups (broad SMARTS) is 1. The van der Waals surface area contributed by atoms with E-state index in [1.807, 2.05) is 0 Å². The molecule has 1 heterocycles. The third-order valence-corrected chi connectivity index (χ3v) is 2.50. The molecule has 0 radical (unpaired) electrons. The van der Waals surface area contributed by atoms with E-state index in [1.165, 1.54) is 12.3 Å². The second kappa shape index (κ2) is 4.65. The number of alkyl halides is 2. The highest BCUT2D eigenvalue weighted by atomic mass is 19.3. The molecule has 1 N–H and O–H groups in total. The van der Waals surface area contributed by atoms with Crippen molar-refractivity contribution < 1.29 is 23.4 Å². The van der Waals surface area contributed by atoms with Crippen molar-refractivity contribution in [3.63, 3.8) is 0 Å². The predicted octanol–water partition coefficient (Wildman–Crippen LogP) is 2.30. The van der Waals surface area contributed by atoms with Crippen molar-refractivity contribution in [2.45, 2.75) is 25.2 Å². The summed E-state index contributed by atoms with van der Waals surface area (Å²) < 4.78 is 29.1. The Morgan fingerprint density at radius 1 is 1.59 bits per heavy atom.